The zero-order valence-corrected chi connectivity index (χ0v) is 19.8. The molecule has 0 aromatic heterocycles. The molecular weight excluding hydrogens is 443 g/mol. The van der Waals surface area contributed by atoms with E-state index < -0.39 is 5.91 Å². The average molecular weight is 475 g/mol. The lowest BCUT2D eigenvalue weighted by Crippen LogP contribution is -2.52. The SMILES string of the molecule is CCN(CC(N)=O)CC(c1ccccc1F)N1CCN(C(=O)CCc2ccc(Cl)cc2)CC1. The molecule has 0 saturated carbocycles. The fourth-order valence-corrected chi connectivity index (χ4v) is 4.40. The maximum absolute atomic E-state index is 14.7. The second kappa shape index (κ2) is 12.1. The highest BCUT2D eigenvalue weighted by molar-refractivity contribution is 6.30. The molecule has 1 saturated heterocycles. The van der Waals surface area contributed by atoms with Crippen LogP contribution in [0.5, 0.6) is 0 Å². The molecule has 0 radical (unpaired) electrons. The Morgan fingerprint density at radius 1 is 1.09 bits per heavy atom. The molecule has 0 bridgehead atoms. The number of primary amides is 1. The predicted octanol–water partition coefficient (Wildman–Crippen LogP) is 3.10. The first-order chi connectivity index (χ1) is 15.9. The van der Waals surface area contributed by atoms with Crippen LogP contribution in [-0.4, -0.2) is 72.3 Å². The van der Waals surface area contributed by atoms with Gasteiger partial charge in [0.25, 0.3) is 0 Å². The van der Waals surface area contributed by atoms with Gasteiger partial charge in [0.05, 0.1) is 12.6 Å². The fourth-order valence-electron chi connectivity index (χ4n) is 4.27. The number of piperazine rings is 1. The molecule has 3 rings (SSSR count). The molecule has 1 aliphatic rings. The molecule has 178 valence electrons. The molecule has 2 amide bonds. The molecule has 6 nitrogen and oxygen atoms in total. The first kappa shape index (κ1) is 25.1. The lowest BCUT2D eigenvalue weighted by Gasteiger charge is -2.41. The van der Waals surface area contributed by atoms with Gasteiger partial charge in [0, 0.05) is 49.7 Å². The molecule has 33 heavy (non-hydrogen) atoms. The molecule has 1 atom stereocenters. The number of nitrogens with two attached hydrogens (primary N) is 1. The van der Waals surface area contributed by atoms with Crippen LogP contribution in [0.2, 0.25) is 5.02 Å². The highest BCUT2D eigenvalue weighted by Gasteiger charge is 2.29. The van der Waals surface area contributed by atoms with E-state index in [1.54, 1.807) is 12.1 Å². The minimum Gasteiger partial charge on any atom is -0.369 e. The second-order valence-electron chi connectivity index (χ2n) is 8.37. The summed E-state index contributed by atoms with van der Waals surface area (Å²) in [6, 6.07) is 14.1. The molecule has 1 aliphatic heterocycles. The Hall–Kier alpha value is -2.48. The van der Waals surface area contributed by atoms with Crippen molar-refractivity contribution in [3.63, 3.8) is 0 Å². The summed E-state index contributed by atoms with van der Waals surface area (Å²) in [6.07, 6.45) is 1.12. The smallest absolute Gasteiger partial charge is 0.231 e. The number of hydrogen-bond donors (Lipinski definition) is 1. The third kappa shape index (κ3) is 7.25. The lowest BCUT2D eigenvalue weighted by atomic mass is 10.0. The predicted molar refractivity (Wildman–Crippen MR) is 128 cm³/mol. The molecule has 1 heterocycles. The first-order valence-corrected chi connectivity index (χ1v) is 11.8. The highest BCUT2D eigenvalue weighted by Crippen LogP contribution is 2.26. The Labute approximate surface area is 200 Å². The number of amides is 2. The molecule has 2 aromatic rings. The van der Waals surface area contributed by atoms with Gasteiger partial charge in [-0.25, -0.2) is 4.39 Å². The van der Waals surface area contributed by atoms with Crippen LogP contribution in [0.25, 0.3) is 0 Å². The summed E-state index contributed by atoms with van der Waals surface area (Å²) in [6.45, 7) is 5.67. The number of benzene rings is 2. The maximum Gasteiger partial charge on any atom is 0.231 e. The van der Waals surface area contributed by atoms with Crippen LogP contribution < -0.4 is 5.73 Å². The summed E-state index contributed by atoms with van der Waals surface area (Å²) in [4.78, 5) is 30.2. The van der Waals surface area contributed by atoms with Crippen molar-refractivity contribution in [1.82, 2.24) is 14.7 Å². The van der Waals surface area contributed by atoms with Crippen molar-refractivity contribution in [3.8, 4) is 0 Å². The van der Waals surface area contributed by atoms with E-state index in [4.69, 9.17) is 17.3 Å². The van der Waals surface area contributed by atoms with Gasteiger partial charge >= 0.3 is 0 Å². The zero-order chi connectivity index (χ0) is 23.8. The van der Waals surface area contributed by atoms with Crippen molar-refractivity contribution in [2.24, 2.45) is 5.73 Å². The number of hydrogen-bond acceptors (Lipinski definition) is 4. The lowest BCUT2D eigenvalue weighted by molar-refractivity contribution is -0.133. The van der Waals surface area contributed by atoms with Gasteiger partial charge in [-0.1, -0.05) is 48.9 Å². The largest absolute Gasteiger partial charge is 0.369 e. The summed E-state index contributed by atoms with van der Waals surface area (Å²) >= 11 is 5.93. The molecule has 2 N–H and O–H groups in total. The van der Waals surface area contributed by atoms with E-state index in [1.807, 2.05) is 47.1 Å². The van der Waals surface area contributed by atoms with Crippen LogP contribution in [0, 0.1) is 5.82 Å². The summed E-state index contributed by atoms with van der Waals surface area (Å²) in [5, 5.41) is 0.683. The van der Waals surface area contributed by atoms with Crippen LogP contribution in [-0.2, 0) is 16.0 Å². The molecular formula is C25H32ClFN4O2. The van der Waals surface area contributed by atoms with Crippen LogP contribution in [0.1, 0.15) is 30.5 Å². The van der Waals surface area contributed by atoms with E-state index in [1.165, 1.54) is 6.07 Å². The standard InChI is InChI=1S/C25H32ClFN4O2/c1-2-29(18-24(28)32)17-23(21-5-3-4-6-22(21)27)30-13-15-31(16-14-30)25(33)12-9-19-7-10-20(26)11-8-19/h3-8,10-11,23H,2,9,12-18H2,1H3,(H2,28,32). The third-order valence-electron chi connectivity index (χ3n) is 6.17. The molecule has 1 fully saturated rings. The van der Waals surface area contributed by atoms with Gasteiger partial charge in [-0.2, -0.15) is 0 Å². The first-order valence-electron chi connectivity index (χ1n) is 11.4. The van der Waals surface area contributed by atoms with Gasteiger partial charge in [0.15, 0.2) is 0 Å². The van der Waals surface area contributed by atoms with Crippen molar-refractivity contribution < 1.29 is 14.0 Å². The van der Waals surface area contributed by atoms with Crippen LogP contribution in [0.15, 0.2) is 48.5 Å². The third-order valence-corrected chi connectivity index (χ3v) is 6.42. The van der Waals surface area contributed by atoms with Gasteiger partial charge in [-0.15, -0.1) is 0 Å². The van der Waals surface area contributed by atoms with E-state index in [9.17, 15) is 14.0 Å². The van der Waals surface area contributed by atoms with Crippen molar-refractivity contribution in [1.29, 1.82) is 0 Å². The second-order valence-corrected chi connectivity index (χ2v) is 8.81. The number of aryl methyl sites for hydroxylation is 1. The van der Waals surface area contributed by atoms with E-state index >= 15 is 0 Å². The van der Waals surface area contributed by atoms with Crippen LogP contribution in [0.3, 0.4) is 0 Å². The number of nitrogens with zero attached hydrogens (tertiary/aromatic N) is 3. The van der Waals surface area contributed by atoms with Gasteiger partial charge in [-0.3, -0.25) is 19.4 Å². The number of halogens is 2. The van der Waals surface area contributed by atoms with Crippen molar-refractivity contribution in [2.45, 2.75) is 25.8 Å². The van der Waals surface area contributed by atoms with Gasteiger partial charge in [-0.05, 0) is 36.7 Å². The van der Waals surface area contributed by atoms with Gasteiger partial charge in [0.2, 0.25) is 11.8 Å². The number of likely N-dealkylation sites (N-methyl/N-ethyl adjacent to an activating group) is 1. The zero-order valence-electron chi connectivity index (χ0n) is 19.1. The molecule has 0 aliphatic carbocycles. The van der Waals surface area contributed by atoms with Crippen molar-refractivity contribution in [2.75, 3.05) is 45.8 Å². The summed E-state index contributed by atoms with van der Waals surface area (Å²) in [5.41, 5.74) is 7.09. The fraction of sp³-hybridized carbons (Fsp3) is 0.440. The normalized spacial score (nSPS) is 15.6. The Morgan fingerprint density at radius 3 is 2.36 bits per heavy atom. The Bertz CT molecular complexity index is 932. The minimum atomic E-state index is -0.403. The van der Waals surface area contributed by atoms with Gasteiger partial charge in [0.1, 0.15) is 5.82 Å². The Morgan fingerprint density at radius 2 is 1.76 bits per heavy atom. The summed E-state index contributed by atoms with van der Waals surface area (Å²) in [7, 11) is 0. The summed E-state index contributed by atoms with van der Waals surface area (Å²) in [5.74, 6) is -0.546. The van der Waals surface area contributed by atoms with Crippen LogP contribution >= 0.6 is 11.6 Å². The van der Waals surface area contributed by atoms with E-state index in [-0.39, 0.29) is 24.3 Å². The molecule has 2 aromatic carbocycles. The van der Waals surface area contributed by atoms with Crippen molar-refractivity contribution >= 4 is 23.4 Å². The topological polar surface area (TPSA) is 69.9 Å². The monoisotopic (exact) mass is 474 g/mol. The summed E-state index contributed by atoms with van der Waals surface area (Å²) < 4.78 is 14.7. The maximum atomic E-state index is 14.7. The van der Waals surface area contributed by atoms with E-state index in [0.717, 1.165) is 5.56 Å². The molecule has 0 spiro atoms. The number of rotatable bonds is 10. The highest BCUT2D eigenvalue weighted by atomic mass is 35.5. The average Bonchev–Trinajstić information content (AvgIpc) is 2.81. The number of carbonyl (C=O) groups excluding carboxylic acids is 2. The minimum absolute atomic E-state index is 0.121. The van der Waals surface area contributed by atoms with E-state index in [2.05, 4.69) is 4.90 Å². The van der Waals surface area contributed by atoms with Crippen LogP contribution in [0.4, 0.5) is 4.39 Å². The molecule has 1 unspecified atom stereocenters. The molecule has 8 heteroatoms. The Balaban J connectivity index is 1.62. The van der Waals surface area contributed by atoms with E-state index in [0.29, 0.717) is 62.7 Å². The van der Waals surface area contributed by atoms with Gasteiger partial charge < -0.3 is 10.6 Å². The Kier molecular flexibility index (Phi) is 9.23. The van der Waals surface area contributed by atoms with Crippen molar-refractivity contribution in [3.05, 3.63) is 70.5 Å². The quantitative estimate of drug-likeness (QED) is 0.574. The number of carbonyl (C=O) groups is 2.